The third-order valence-corrected chi connectivity index (χ3v) is 8.04. The second kappa shape index (κ2) is 7.98. The van der Waals surface area contributed by atoms with Crippen LogP contribution in [0.5, 0.6) is 0 Å². The number of anilines is 2. The fourth-order valence-corrected chi connectivity index (χ4v) is 6.24. The Labute approximate surface area is 210 Å². The standard InChI is InChI=1S/C29H28N4O3/c1-15-9-26(30)32-16(2)25(15)12-31-29(34)17-3-7-21-23(10-17)28-24-11-18(4-8-22(24)27(21)36-28)33-13-19-5-6-20(14-33)35-19/h3-5,7-11,19-20,27-28H,6,12-14H2,1-2H3,(H2-,30,31,32,34)/p+1. The molecule has 1 aromatic heterocycles. The molecule has 2 saturated heterocycles. The van der Waals surface area contributed by atoms with E-state index in [0.29, 0.717) is 24.0 Å². The van der Waals surface area contributed by atoms with Gasteiger partial charge in [0.25, 0.3) is 5.91 Å². The minimum absolute atomic E-state index is 0.0634. The Balaban J connectivity index is 1.12. The summed E-state index contributed by atoms with van der Waals surface area (Å²) in [5.41, 5.74) is 15.3. The molecule has 4 unspecified atom stereocenters. The summed E-state index contributed by atoms with van der Waals surface area (Å²) in [6, 6.07) is 14.5. The van der Waals surface area contributed by atoms with Gasteiger partial charge in [-0.05, 0) is 77.6 Å². The number of benzene rings is 2. The predicted octanol–water partition coefficient (Wildman–Crippen LogP) is 3.91. The lowest BCUT2D eigenvalue weighted by atomic mass is 9.85. The third kappa shape index (κ3) is 3.38. The lowest BCUT2D eigenvalue weighted by Gasteiger charge is -2.31. The molecule has 7 rings (SSSR count). The van der Waals surface area contributed by atoms with Gasteiger partial charge in [-0.25, -0.2) is 4.98 Å². The second-order valence-corrected chi connectivity index (χ2v) is 10.3. The topological polar surface area (TPSA) is 89.7 Å². The van der Waals surface area contributed by atoms with Crippen molar-refractivity contribution in [3.63, 3.8) is 0 Å². The van der Waals surface area contributed by atoms with Gasteiger partial charge < -0.3 is 25.4 Å². The minimum atomic E-state index is -0.136. The smallest absolute Gasteiger partial charge is 0.251 e. The molecule has 4 aliphatic heterocycles. The number of nitrogens with two attached hydrogens (primary N) is 1. The highest BCUT2D eigenvalue weighted by Gasteiger charge is 2.44. The Kier molecular flexibility index (Phi) is 4.81. The van der Waals surface area contributed by atoms with Gasteiger partial charge in [-0.1, -0.05) is 12.1 Å². The summed E-state index contributed by atoms with van der Waals surface area (Å²) in [5, 5.41) is 3.06. The molecule has 5 heterocycles. The zero-order valence-electron chi connectivity index (χ0n) is 20.5. The molecule has 7 heteroatoms. The number of pyridine rings is 1. The summed E-state index contributed by atoms with van der Waals surface area (Å²) in [4.78, 5) is 19.8. The van der Waals surface area contributed by atoms with Crippen molar-refractivity contribution in [1.82, 2.24) is 10.3 Å². The SMILES string of the molecule is Cc1cc(N)nc(C)c1CNC(=O)c1ccc2c(c1)C1OC2c2ccc(N3CC4[CH+]CC(C3)O4)cc21. The van der Waals surface area contributed by atoms with Crippen LogP contribution < -0.4 is 16.0 Å². The highest BCUT2D eigenvalue weighted by atomic mass is 16.5. The zero-order chi connectivity index (χ0) is 24.6. The van der Waals surface area contributed by atoms with E-state index in [1.54, 1.807) is 0 Å². The summed E-state index contributed by atoms with van der Waals surface area (Å²) in [6.07, 6.45) is 3.64. The average molecular weight is 482 g/mol. The van der Waals surface area contributed by atoms with Crippen LogP contribution in [0.3, 0.4) is 0 Å². The Bertz CT molecular complexity index is 1370. The van der Waals surface area contributed by atoms with Gasteiger partial charge >= 0.3 is 0 Å². The quantitative estimate of drug-likeness (QED) is 0.549. The number of amides is 1. The maximum Gasteiger partial charge on any atom is 0.251 e. The van der Waals surface area contributed by atoms with Crippen LogP contribution in [0.15, 0.2) is 42.5 Å². The van der Waals surface area contributed by atoms with E-state index in [9.17, 15) is 4.79 Å². The zero-order valence-corrected chi connectivity index (χ0v) is 20.5. The fourth-order valence-electron chi connectivity index (χ4n) is 6.24. The van der Waals surface area contributed by atoms with Crippen molar-refractivity contribution in [3.8, 4) is 0 Å². The maximum absolute atomic E-state index is 13.1. The lowest BCUT2D eigenvalue weighted by molar-refractivity contribution is 0.0369. The van der Waals surface area contributed by atoms with Crippen LogP contribution in [-0.4, -0.2) is 36.2 Å². The monoisotopic (exact) mass is 481 g/mol. The largest absolute Gasteiger partial charge is 0.384 e. The predicted molar refractivity (Wildman–Crippen MR) is 137 cm³/mol. The number of nitrogen functional groups attached to an aromatic ring is 1. The molecule has 0 radical (unpaired) electrons. The molecule has 4 bridgehead atoms. The summed E-state index contributed by atoms with van der Waals surface area (Å²) in [5.74, 6) is 0.390. The van der Waals surface area contributed by atoms with Crippen molar-refractivity contribution in [2.75, 3.05) is 23.7 Å². The molecular formula is C29H29N4O3+. The molecule has 2 aromatic carbocycles. The van der Waals surface area contributed by atoms with Gasteiger partial charge in [-0.2, -0.15) is 0 Å². The maximum atomic E-state index is 13.1. The number of fused-ring (bicyclic) bond motifs is 10. The highest BCUT2D eigenvalue weighted by molar-refractivity contribution is 5.94. The average Bonchev–Trinajstić information content (AvgIpc) is 3.54. The molecule has 36 heavy (non-hydrogen) atoms. The number of morpholine rings is 1. The number of rotatable bonds is 4. The number of carbonyl (C=O) groups excluding carboxylic acids is 1. The first-order valence-electron chi connectivity index (χ1n) is 12.6. The van der Waals surface area contributed by atoms with E-state index in [-0.39, 0.29) is 24.2 Å². The number of aromatic nitrogens is 1. The van der Waals surface area contributed by atoms with Gasteiger partial charge in [0.2, 0.25) is 6.10 Å². The molecule has 182 valence electrons. The van der Waals surface area contributed by atoms with Crippen molar-refractivity contribution in [3.05, 3.63) is 93.5 Å². The molecule has 4 aliphatic rings. The molecule has 0 aliphatic carbocycles. The molecule has 3 N–H and O–H groups in total. The third-order valence-electron chi connectivity index (χ3n) is 8.04. The normalized spacial score (nSPS) is 24.9. The van der Waals surface area contributed by atoms with E-state index >= 15 is 0 Å². The van der Waals surface area contributed by atoms with Gasteiger partial charge in [0.05, 0.1) is 6.54 Å². The number of carbonyl (C=O) groups is 1. The van der Waals surface area contributed by atoms with Gasteiger partial charge in [-0.15, -0.1) is 0 Å². The van der Waals surface area contributed by atoms with Crippen molar-refractivity contribution >= 4 is 17.4 Å². The van der Waals surface area contributed by atoms with E-state index < -0.39 is 0 Å². The Morgan fingerprint density at radius 3 is 2.64 bits per heavy atom. The van der Waals surface area contributed by atoms with E-state index in [1.165, 1.54) is 16.8 Å². The van der Waals surface area contributed by atoms with Gasteiger partial charge in [0.1, 0.15) is 37.0 Å². The van der Waals surface area contributed by atoms with Crippen LogP contribution in [0.1, 0.15) is 68.1 Å². The van der Waals surface area contributed by atoms with Crippen LogP contribution >= 0.6 is 0 Å². The van der Waals surface area contributed by atoms with E-state index in [2.05, 4.69) is 39.8 Å². The van der Waals surface area contributed by atoms with Gasteiger partial charge in [0.15, 0.2) is 0 Å². The number of hydrogen-bond donors (Lipinski definition) is 2. The van der Waals surface area contributed by atoms with Crippen LogP contribution in [0.25, 0.3) is 0 Å². The van der Waals surface area contributed by atoms with Gasteiger partial charge in [0, 0.05) is 30.0 Å². The Morgan fingerprint density at radius 2 is 1.83 bits per heavy atom. The molecule has 2 fully saturated rings. The summed E-state index contributed by atoms with van der Waals surface area (Å²) in [7, 11) is 0. The first kappa shape index (κ1) is 21.7. The second-order valence-electron chi connectivity index (χ2n) is 10.3. The first-order valence-corrected chi connectivity index (χ1v) is 12.6. The summed E-state index contributed by atoms with van der Waals surface area (Å²) < 4.78 is 12.4. The Morgan fingerprint density at radius 1 is 1.06 bits per heavy atom. The Hall–Kier alpha value is -3.55. The number of nitrogens with one attached hydrogen (secondary N) is 1. The van der Waals surface area contributed by atoms with E-state index in [0.717, 1.165) is 47.5 Å². The van der Waals surface area contributed by atoms with Crippen LogP contribution in [0, 0.1) is 20.3 Å². The molecule has 4 atom stereocenters. The first-order chi connectivity index (χ1) is 17.4. The van der Waals surface area contributed by atoms with Crippen LogP contribution in [-0.2, 0) is 16.0 Å². The molecule has 3 aromatic rings. The van der Waals surface area contributed by atoms with Crippen molar-refractivity contribution in [2.24, 2.45) is 0 Å². The highest BCUT2D eigenvalue weighted by Crippen LogP contribution is 2.55. The van der Waals surface area contributed by atoms with Crippen molar-refractivity contribution in [1.29, 1.82) is 0 Å². The number of hydrogen-bond acceptors (Lipinski definition) is 6. The molecule has 0 saturated carbocycles. The van der Waals surface area contributed by atoms with Crippen molar-refractivity contribution < 1.29 is 14.3 Å². The lowest BCUT2D eigenvalue weighted by Crippen LogP contribution is -2.42. The molecular weight excluding hydrogens is 452 g/mol. The van der Waals surface area contributed by atoms with Crippen molar-refractivity contribution in [2.45, 2.75) is 51.2 Å². The summed E-state index contributed by atoms with van der Waals surface area (Å²) in [6.45, 7) is 6.13. The van der Waals surface area contributed by atoms with Crippen LogP contribution in [0.2, 0.25) is 0 Å². The fraction of sp³-hybridized carbons (Fsp3) is 0.345. The number of ether oxygens (including phenoxy) is 2. The van der Waals surface area contributed by atoms with E-state index in [1.807, 2.05) is 38.1 Å². The number of aryl methyl sites for hydroxylation is 2. The van der Waals surface area contributed by atoms with E-state index in [4.69, 9.17) is 15.2 Å². The summed E-state index contributed by atoms with van der Waals surface area (Å²) >= 11 is 0. The number of nitrogens with zero attached hydrogens (tertiary/aromatic N) is 2. The van der Waals surface area contributed by atoms with Crippen LogP contribution in [0.4, 0.5) is 11.5 Å². The molecule has 1 amide bonds. The minimum Gasteiger partial charge on any atom is -0.384 e. The molecule has 7 nitrogen and oxygen atoms in total. The van der Waals surface area contributed by atoms with Gasteiger partial charge in [-0.3, -0.25) is 4.79 Å². The molecule has 0 spiro atoms.